The molecule has 2 aliphatic rings. The molecule has 0 saturated heterocycles. The van der Waals surface area contributed by atoms with Crippen molar-refractivity contribution in [3.05, 3.63) is 0 Å². The van der Waals surface area contributed by atoms with E-state index in [1.54, 1.807) is 0 Å². The second kappa shape index (κ2) is 5.38. The summed E-state index contributed by atoms with van der Waals surface area (Å²) in [4.78, 5) is 12.0. The molecule has 0 spiro atoms. The molecule has 0 atom stereocenters. The molecule has 0 unspecified atom stereocenters. The molecule has 2 aliphatic carbocycles. The molecule has 3 nitrogen and oxygen atoms in total. The maximum atomic E-state index is 12.0. The Balaban J connectivity index is 1.69. The third-order valence-corrected chi connectivity index (χ3v) is 4.76. The Bertz CT molecular complexity index is 265. The first-order chi connectivity index (χ1) is 8.13. The van der Waals surface area contributed by atoms with E-state index < -0.39 is 0 Å². The van der Waals surface area contributed by atoms with E-state index in [4.69, 9.17) is 5.73 Å². The molecule has 2 rings (SSSR count). The van der Waals surface area contributed by atoms with Crippen molar-refractivity contribution in [3.63, 3.8) is 0 Å². The van der Waals surface area contributed by atoms with Crippen LogP contribution in [0, 0.1) is 11.8 Å². The zero-order valence-corrected chi connectivity index (χ0v) is 11.0. The lowest BCUT2D eigenvalue weighted by atomic mass is 9.77. The van der Waals surface area contributed by atoms with Crippen molar-refractivity contribution in [3.8, 4) is 0 Å². The predicted molar refractivity (Wildman–Crippen MR) is 69.5 cm³/mol. The monoisotopic (exact) mass is 238 g/mol. The number of carbonyl (C=O) groups is 1. The van der Waals surface area contributed by atoms with Crippen LogP contribution in [-0.4, -0.2) is 18.0 Å². The number of nitrogens with two attached hydrogens (primary N) is 1. The topological polar surface area (TPSA) is 55.1 Å². The van der Waals surface area contributed by atoms with Gasteiger partial charge in [0.15, 0.2) is 0 Å². The van der Waals surface area contributed by atoms with Crippen LogP contribution in [-0.2, 0) is 4.79 Å². The molecule has 2 saturated carbocycles. The van der Waals surface area contributed by atoms with Crippen molar-refractivity contribution in [2.75, 3.05) is 6.54 Å². The molecule has 0 aromatic heterocycles. The fourth-order valence-corrected chi connectivity index (χ4v) is 3.05. The van der Waals surface area contributed by atoms with Crippen LogP contribution in [0.3, 0.4) is 0 Å². The highest BCUT2D eigenvalue weighted by Crippen LogP contribution is 2.31. The fraction of sp³-hybridized carbons (Fsp3) is 0.929. The number of hydrogen-bond donors (Lipinski definition) is 2. The van der Waals surface area contributed by atoms with E-state index in [-0.39, 0.29) is 17.4 Å². The molecular weight excluding hydrogens is 212 g/mol. The van der Waals surface area contributed by atoms with E-state index in [1.165, 1.54) is 25.7 Å². The van der Waals surface area contributed by atoms with Crippen molar-refractivity contribution < 1.29 is 4.79 Å². The smallest absolute Gasteiger partial charge is 0.223 e. The minimum atomic E-state index is -0.0870. The highest BCUT2D eigenvalue weighted by molar-refractivity contribution is 5.78. The van der Waals surface area contributed by atoms with Crippen molar-refractivity contribution in [1.82, 2.24) is 5.32 Å². The summed E-state index contributed by atoms with van der Waals surface area (Å²) in [5, 5.41) is 3.06. The number of carbonyl (C=O) groups excluding carboxylic acids is 1. The Labute approximate surface area is 105 Å². The minimum absolute atomic E-state index is 0.0870. The Morgan fingerprint density at radius 2 is 1.94 bits per heavy atom. The summed E-state index contributed by atoms with van der Waals surface area (Å²) in [6.45, 7) is 2.93. The molecule has 17 heavy (non-hydrogen) atoms. The lowest BCUT2D eigenvalue weighted by molar-refractivity contribution is -0.126. The molecule has 98 valence electrons. The largest absolute Gasteiger partial charge is 0.354 e. The van der Waals surface area contributed by atoms with Gasteiger partial charge in [-0.3, -0.25) is 4.79 Å². The third kappa shape index (κ3) is 3.21. The highest BCUT2D eigenvalue weighted by atomic mass is 16.1. The van der Waals surface area contributed by atoms with Gasteiger partial charge in [0.05, 0.1) is 0 Å². The van der Waals surface area contributed by atoms with Crippen LogP contribution in [0.2, 0.25) is 0 Å². The predicted octanol–water partition coefficient (Wildman–Crippen LogP) is 2.20. The average Bonchev–Trinajstić information content (AvgIpc) is 2.33. The lowest BCUT2D eigenvalue weighted by Crippen LogP contribution is -2.55. The molecule has 3 N–H and O–H groups in total. The van der Waals surface area contributed by atoms with E-state index in [2.05, 4.69) is 12.2 Å². The van der Waals surface area contributed by atoms with E-state index in [0.29, 0.717) is 6.54 Å². The van der Waals surface area contributed by atoms with Crippen LogP contribution in [0.15, 0.2) is 0 Å². The Kier molecular flexibility index (Phi) is 4.08. The van der Waals surface area contributed by atoms with Crippen LogP contribution in [0.4, 0.5) is 0 Å². The van der Waals surface area contributed by atoms with Crippen molar-refractivity contribution in [2.24, 2.45) is 17.6 Å². The average molecular weight is 238 g/mol. The number of rotatable bonds is 4. The summed E-state index contributed by atoms with van der Waals surface area (Å²) >= 11 is 0. The summed E-state index contributed by atoms with van der Waals surface area (Å²) in [6, 6.07) is 0. The quantitative estimate of drug-likeness (QED) is 0.789. The number of nitrogens with one attached hydrogen (secondary N) is 1. The molecule has 1 amide bonds. The van der Waals surface area contributed by atoms with Gasteiger partial charge >= 0.3 is 0 Å². The summed E-state index contributed by atoms with van der Waals surface area (Å²) in [6.07, 6.45) is 9.20. The molecule has 3 heteroatoms. The van der Waals surface area contributed by atoms with E-state index in [9.17, 15) is 4.79 Å². The van der Waals surface area contributed by atoms with E-state index >= 15 is 0 Å². The van der Waals surface area contributed by atoms with Crippen LogP contribution in [0.25, 0.3) is 0 Å². The first kappa shape index (κ1) is 12.9. The van der Waals surface area contributed by atoms with Gasteiger partial charge in [0, 0.05) is 18.0 Å². The van der Waals surface area contributed by atoms with Gasteiger partial charge < -0.3 is 11.1 Å². The molecule has 0 radical (unpaired) electrons. The van der Waals surface area contributed by atoms with Gasteiger partial charge in [-0.05, 0) is 50.9 Å². The summed E-state index contributed by atoms with van der Waals surface area (Å²) < 4.78 is 0. The number of hydrogen-bond acceptors (Lipinski definition) is 2. The number of amides is 1. The molecule has 0 aromatic rings. The Hall–Kier alpha value is -0.570. The van der Waals surface area contributed by atoms with Crippen LogP contribution in [0.5, 0.6) is 0 Å². The third-order valence-electron chi connectivity index (χ3n) is 4.76. The Morgan fingerprint density at radius 3 is 2.41 bits per heavy atom. The van der Waals surface area contributed by atoms with Gasteiger partial charge in [-0.15, -0.1) is 0 Å². The first-order valence-corrected chi connectivity index (χ1v) is 7.19. The zero-order chi connectivity index (χ0) is 12.3. The lowest BCUT2D eigenvalue weighted by Gasteiger charge is -2.38. The summed E-state index contributed by atoms with van der Waals surface area (Å²) in [7, 11) is 0. The second-order valence-electron chi connectivity index (χ2n) is 6.06. The van der Waals surface area contributed by atoms with Gasteiger partial charge in [-0.25, -0.2) is 0 Å². The van der Waals surface area contributed by atoms with Crippen LogP contribution >= 0.6 is 0 Å². The Morgan fingerprint density at radius 1 is 1.29 bits per heavy atom. The molecule has 0 aromatic carbocycles. The first-order valence-electron chi connectivity index (χ1n) is 7.19. The fourth-order valence-electron chi connectivity index (χ4n) is 3.05. The summed E-state index contributed by atoms with van der Waals surface area (Å²) in [5.41, 5.74) is 6.02. The maximum absolute atomic E-state index is 12.0. The van der Waals surface area contributed by atoms with Gasteiger partial charge in [-0.2, -0.15) is 0 Å². The van der Waals surface area contributed by atoms with Gasteiger partial charge in [0.25, 0.3) is 0 Å². The molecular formula is C14H26N2O. The summed E-state index contributed by atoms with van der Waals surface area (Å²) in [5.74, 6) is 1.35. The zero-order valence-electron chi connectivity index (χ0n) is 11.0. The van der Waals surface area contributed by atoms with Gasteiger partial charge in [0.2, 0.25) is 5.91 Å². The van der Waals surface area contributed by atoms with Crippen LogP contribution < -0.4 is 11.1 Å². The van der Waals surface area contributed by atoms with Crippen molar-refractivity contribution in [1.29, 1.82) is 0 Å². The highest BCUT2D eigenvalue weighted by Gasteiger charge is 2.33. The van der Waals surface area contributed by atoms with Crippen molar-refractivity contribution >= 4 is 5.91 Å². The normalized spacial score (nSPS) is 31.6. The van der Waals surface area contributed by atoms with E-state index in [1.807, 2.05) is 0 Å². The second-order valence-corrected chi connectivity index (χ2v) is 6.06. The molecule has 2 fully saturated rings. The maximum Gasteiger partial charge on any atom is 0.223 e. The van der Waals surface area contributed by atoms with Gasteiger partial charge in [0.1, 0.15) is 0 Å². The van der Waals surface area contributed by atoms with Crippen molar-refractivity contribution in [2.45, 2.75) is 63.8 Å². The standard InChI is InChI=1S/C14H26N2O/c1-2-11-4-6-12(7-5-11)13(17)16-10-14(15)8-3-9-14/h11-12H,2-10,15H2,1H3,(H,16,17). The van der Waals surface area contributed by atoms with Crippen LogP contribution in [0.1, 0.15) is 58.3 Å². The molecule has 0 aliphatic heterocycles. The van der Waals surface area contributed by atoms with Gasteiger partial charge in [-0.1, -0.05) is 13.3 Å². The minimum Gasteiger partial charge on any atom is -0.354 e. The van der Waals surface area contributed by atoms with E-state index in [0.717, 1.165) is 31.6 Å². The molecule has 0 bridgehead atoms. The molecule has 0 heterocycles. The SMILES string of the molecule is CCC1CCC(C(=O)NCC2(N)CCC2)CC1.